The molecule has 0 fully saturated rings. The number of rotatable bonds is 5. The third-order valence-electron chi connectivity index (χ3n) is 7.27. The van der Waals surface area contributed by atoms with Gasteiger partial charge in [-0.2, -0.15) is 5.10 Å². The number of aromatic nitrogens is 3. The van der Waals surface area contributed by atoms with Gasteiger partial charge in [-0.3, -0.25) is 14.3 Å². The Morgan fingerprint density at radius 1 is 1.00 bits per heavy atom. The normalized spacial score (nSPS) is 13.2. The van der Waals surface area contributed by atoms with E-state index < -0.39 is 0 Å². The molecule has 0 bridgehead atoms. The van der Waals surface area contributed by atoms with Crippen LogP contribution in [0.3, 0.4) is 0 Å². The Balaban J connectivity index is 1.41. The second-order valence-electron chi connectivity index (χ2n) is 11.1. The summed E-state index contributed by atoms with van der Waals surface area (Å²) < 4.78 is 3.60. The summed E-state index contributed by atoms with van der Waals surface area (Å²) in [7, 11) is 1.75. The summed E-state index contributed by atoms with van der Waals surface area (Å²) in [5.41, 5.74) is 6.83. The van der Waals surface area contributed by atoms with E-state index in [1.165, 1.54) is 11.3 Å². The van der Waals surface area contributed by atoms with E-state index in [9.17, 15) is 9.59 Å². The summed E-state index contributed by atoms with van der Waals surface area (Å²) in [5.74, 6) is 0.531. The van der Waals surface area contributed by atoms with Crippen molar-refractivity contribution >= 4 is 23.1 Å². The van der Waals surface area contributed by atoms with Gasteiger partial charge in [-0.15, -0.1) is 0 Å². The molecule has 1 aliphatic heterocycles. The molecule has 0 saturated heterocycles. The van der Waals surface area contributed by atoms with Gasteiger partial charge in [-0.1, -0.05) is 45.0 Å². The monoisotopic (exact) mass is 509 g/mol. The zero-order chi connectivity index (χ0) is 27.0. The lowest BCUT2D eigenvalue weighted by molar-refractivity contribution is 0.102. The highest BCUT2D eigenvalue weighted by Gasteiger charge is 2.17. The Morgan fingerprint density at radius 2 is 1.76 bits per heavy atom. The molecule has 7 nitrogen and oxygen atoms in total. The molecular formula is C31H35N5O2. The standard InChI is InChI=1S/C31H35N5O2/c1-20-25(10-8-11-26(20)33-29(37)21-12-14-23(15-13-21)31(2,3)4)22-17-27(30(38)35(5)19-22)32-28-18-24-9-6-7-16-36(24)34-28/h8,10-15,17-19H,6-7,9,16H2,1-5H3,(H,32,34)(H,33,37). The quantitative estimate of drug-likeness (QED) is 0.336. The van der Waals surface area contributed by atoms with Crippen molar-refractivity contribution in [2.45, 2.75) is 58.9 Å². The van der Waals surface area contributed by atoms with Crippen LogP contribution in [0.1, 0.15) is 60.8 Å². The fourth-order valence-corrected chi connectivity index (χ4v) is 4.97. The smallest absolute Gasteiger partial charge is 0.274 e. The Labute approximate surface area is 223 Å². The first-order chi connectivity index (χ1) is 18.1. The van der Waals surface area contributed by atoms with Gasteiger partial charge in [0, 0.05) is 48.4 Å². The number of hydrogen-bond donors (Lipinski definition) is 2. The lowest BCUT2D eigenvalue weighted by Crippen LogP contribution is -2.20. The summed E-state index contributed by atoms with van der Waals surface area (Å²) >= 11 is 0. The van der Waals surface area contributed by atoms with Gasteiger partial charge in [0.25, 0.3) is 11.5 Å². The number of amides is 1. The molecule has 2 aromatic carbocycles. The number of carbonyl (C=O) groups is 1. The Hall–Kier alpha value is -4.13. The summed E-state index contributed by atoms with van der Waals surface area (Å²) in [4.78, 5) is 26.0. The average molecular weight is 510 g/mol. The van der Waals surface area contributed by atoms with Crippen LogP contribution in [0, 0.1) is 6.92 Å². The third kappa shape index (κ3) is 5.14. The molecule has 196 valence electrons. The highest BCUT2D eigenvalue weighted by molar-refractivity contribution is 6.05. The van der Waals surface area contributed by atoms with Crippen LogP contribution in [0.15, 0.2) is 65.6 Å². The van der Waals surface area contributed by atoms with Crippen LogP contribution in [0.25, 0.3) is 11.1 Å². The number of anilines is 3. The first-order valence-electron chi connectivity index (χ1n) is 13.2. The van der Waals surface area contributed by atoms with Crippen LogP contribution in [0.2, 0.25) is 0 Å². The molecule has 1 aliphatic rings. The summed E-state index contributed by atoms with van der Waals surface area (Å²) in [6, 6.07) is 17.5. The van der Waals surface area contributed by atoms with Crippen molar-refractivity contribution in [3.05, 3.63) is 93.5 Å². The molecule has 0 atom stereocenters. The largest absolute Gasteiger partial charge is 0.334 e. The molecule has 2 N–H and O–H groups in total. The molecule has 0 unspecified atom stereocenters. The minimum atomic E-state index is -0.155. The molecular weight excluding hydrogens is 474 g/mol. The van der Waals surface area contributed by atoms with E-state index in [1.54, 1.807) is 11.6 Å². The van der Waals surface area contributed by atoms with Crippen LogP contribution in [0.4, 0.5) is 17.2 Å². The van der Waals surface area contributed by atoms with Crippen LogP contribution >= 0.6 is 0 Å². The Kier molecular flexibility index (Phi) is 6.69. The van der Waals surface area contributed by atoms with Crippen LogP contribution in [0.5, 0.6) is 0 Å². The number of pyridine rings is 1. The van der Waals surface area contributed by atoms with Crippen LogP contribution in [-0.2, 0) is 25.4 Å². The van der Waals surface area contributed by atoms with Crippen LogP contribution < -0.4 is 16.2 Å². The number of carbonyl (C=O) groups excluding carboxylic acids is 1. The maximum atomic E-state index is 13.0. The Bertz CT molecular complexity index is 1530. The van der Waals surface area contributed by atoms with Crippen molar-refractivity contribution in [3.8, 4) is 11.1 Å². The predicted octanol–water partition coefficient (Wildman–Crippen LogP) is 6.19. The van der Waals surface area contributed by atoms with Gasteiger partial charge >= 0.3 is 0 Å². The van der Waals surface area contributed by atoms with Crippen LogP contribution in [-0.4, -0.2) is 20.3 Å². The van der Waals surface area contributed by atoms with Gasteiger partial charge in [0.15, 0.2) is 5.82 Å². The first kappa shape index (κ1) is 25.5. The highest BCUT2D eigenvalue weighted by Crippen LogP contribution is 2.30. The van der Waals surface area contributed by atoms with E-state index in [0.29, 0.717) is 17.1 Å². The van der Waals surface area contributed by atoms with Gasteiger partial charge in [0.2, 0.25) is 0 Å². The number of fused-ring (bicyclic) bond motifs is 1. The predicted molar refractivity (Wildman–Crippen MR) is 153 cm³/mol. The van der Waals surface area contributed by atoms with Crippen molar-refractivity contribution in [1.82, 2.24) is 14.3 Å². The van der Waals surface area contributed by atoms with E-state index in [1.807, 2.05) is 72.4 Å². The van der Waals surface area contributed by atoms with Crippen molar-refractivity contribution in [3.63, 3.8) is 0 Å². The van der Waals surface area contributed by atoms with Gasteiger partial charge < -0.3 is 15.2 Å². The lowest BCUT2D eigenvalue weighted by Gasteiger charge is -2.19. The minimum Gasteiger partial charge on any atom is -0.334 e. The van der Waals surface area contributed by atoms with Crippen molar-refractivity contribution < 1.29 is 4.79 Å². The molecule has 3 heterocycles. The minimum absolute atomic E-state index is 0.0283. The van der Waals surface area contributed by atoms with E-state index >= 15 is 0 Å². The molecule has 0 spiro atoms. The zero-order valence-electron chi connectivity index (χ0n) is 22.8. The van der Waals surface area contributed by atoms with Gasteiger partial charge in [0.05, 0.1) is 0 Å². The van der Waals surface area contributed by atoms with E-state index in [0.717, 1.165) is 48.2 Å². The molecule has 2 aromatic heterocycles. The van der Waals surface area contributed by atoms with Gasteiger partial charge in [-0.05, 0) is 72.6 Å². The molecule has 5 rings (SSSR count). The van der Waals surface area contributed by atoms with Crippen molar-refractivity contribution in [1.29, 1.82) is 0 Å². The average Bonchev–Trinajstić information content (AvgIpc) is 3.30. The SMILES string of the molecule is Cc1c(NC(=O)c2ccc(C(C)(C)C)cc2)cccc1-c1cc(Nc2cc3n(n2)CCCC3)c(=O)n(C)c1. The molecule has 4 aromatic rings. The maximum absolute atomic E-state index is 13.0. The van der Waals surface area contributed by atoms with Crippen molar-refractivity contribution in [2.24, 2.45) is 7.05 Å². The second kappa shape index (κ2) is 9.97. The molecule has 7 heteroatoms. The van der Waals surface area contributed by atoms with Gasteiger partial charge in [0.1, 0.15) is 5.69 Å². The molecule has 1 amide bonds. The van der Waals surface area contributed by atoms with E-state index in [-0.39, 0.29) is 16.9 Å². The second-order valence-corrected chi connectivity index (χ2v) is 11.1. The number of benzene rings is 2. The summed E-state index contributed by atoms with van der Waals surface area (Å²) in [6.07, 6.45) is 5.12. The molecule has 0 radical (unpaired) electrons. The molecule has 38 heavy (non-hydrogen) atoms. The van der Waals surface area contributed by atoms with E-state index in [2.05, 4.69) is 36.5 Å². The van der Waals surface area contributed by atoms with Crippen molar-refractivity contribution in [2.75, 3.05) is 10.6 Å². The van der Waals surface area contributed by atoms with Gasteiger partial charge in [-0.25, -0.2) is 0 Å². The summed E-state index contributed by atoms with van der Waals surface area (Å²) in [5, 5.41) is 11.0. The third-order valence-corrected chi connectivity index (χ3v) is 7.27. The fraction of sp³-hybridized carbons (Fsp3) is 0.323. The molecule has 0 saturated carbocycles. The zero-order valence-corrected chi connectivity index (χ0v) is 22.8. The number of aryl methyl sites for hydroxylation is 3. The number of nitrogens with zero attached hydrogens (tertiary/aromatic N) is 3. The topological polar surface area (TPSA) is 81.0 Å². The lowest BCUT2D eigenvalue weighted by atomic mass is 9.86. The Morgan fingerprint density at radius 3 is 2.47 bits per heavy atom. The summed E-state index contributed by atoms with van der Waals surface area (Å²) in [6.45, 7) is 9.35. The molecule has 0 aliphatic carbocycles. The number of nitrogens with one attached hydrogen (secondary N) is 2. The maximum Gasteiger partial charge on any atom is 0.274 e. The highest BCUT2D eigenvalue weighted by atomic mass is 16.1. The van der Waals surface area contributed by atoms with E-state index in [4.69, 9.17) is 0 Å². The fourth-order valence-electron chi connectivity index (χ4n) is 4.97. The number of hydrogen-bond acceptors (Lipinski definition) is 4. The first-order valence-corrected chi connectivity index (χ1v) is 13.2.